The van der Waals surface area contributed by atoms with Crippen molar-refractivity contribution < 1.29 is 28.6 Å². The minimum absolute atomic E-state index is 0.0464. The third kappa shape index (κ3) is 4.82. The second-order valence-electron chi connectivity index (χ2n) is 10.6. The first kappa shape index (κ1) is 28.6. The van der Waals surface area contributed by atoms with E-state index in [-0.39, 0.29) is 48.0 Å². The number of aryl methyl sites for hydroxylation is 1. The second-order valence-corrected chi connectivity index (χ2v) is 11.0. The van der Waals surface area contributed by atoms with Crippen molar-refractivity contribution in [3.05, 3.63) is 64.1 Å². The molecule has 0 bridgehead atoms. The van der Waals surface area contributed by atoms with E-state index >= 15 is 0 Å². The summed E-state index contributed by atoms with van der Waals surface area (Å²) in [6.07, 6.45) is 3.25. The lowest BCUT2D eigenvalue weighted by molar-refractivity contribution is -0.144. The Hall–Kier alpha value is -3.97. The lowest BCUT2D eigenvalue weighted by Gasteiger charge is -2.46. The molecule has 14 heteroatoms. The molecule has 3 atom stereocenters. The zero-order chi connectivity index (χ0) is 29.6. The molecule has 1 aromatic carbocycles. The largest absolute Gasteiger partial charge is 0.480 e. The molecule has 5 rings (SSSR count). The molecule has 0 saturated carbocycles. The maximum absolute atomic E-state index is 14.0. The number of carboxylic acids is 1. The molecule has 3 N–H and O–H groups in total. The van der Waals surface area contributed by atoms with E-state index in [4.69, 9.17) is 21.3 Å². The Morgan fingerprint density at radius 2 is 2.10 bits per heavy atom. The van der Waals surface area contributed by atoms with E-state index in [9.17, 15) is 23.9 Å². The number of nitrogens with zero attached hydrogens (tertiary/aromatic N) is 5. The minimum atomic E-state index is -1.27. The van der Waals surface area contributed by atoms with Crippen LogP contribution in [0.3, 0.4) is 0 Å². The first-order valence-electron chi connectivity index (χ1n) is 13.1. The van der Waals surface area contributed by atoms with Crippen molar-refractivity contribution in [3.63, 3.8) is 0 Å². The number of hydrogen-bond acceptors (Lipinski definition) is 8. The average Bonchev–Trinajstić information content (AvgIpc) is 3.48. The van der Waals surface area contributed by atoms with Crippen LogP contribution in [0.15, 0.2) is 46.9 Å². The summed E-state index contributed by atoms with van der Waals surface area (Å²) < 4.78 is 20.9. The maximum Gasteiger partial charge on any atom is 0.338 e. The number of fused-ring (bicyclic) bond motifs is 1. The first-order chi connectivity index (χ1) is 19.5. The summed E-state index contributed by atoms with van der Waals surface area (Å²) in [6.45, 7) is 4.40. The number of aromatic nitrogens is 2. The molecular formula is C27H31ClFN7O5. The molecule has 41 heavy (non-hydrogen) atoms. The summed E-state index contributed by atoms with van der Waals surface area (Å²) in [6, 6.07) is 1.15. The Balaban J connectivity index is 1.72. The fraction of sp³-hybridized carbons (Fsp3) is 0.444. The third-order valence-electron chi connectivity index (χ3n) is 7.85. The summed E-state index contributed by atoms with van der Waals surface area (Å²) in [4.78, 5) is 52.0. The highest BCUT2D eigenvalue weighted by molar-refractivity contribution is 6.31. The predicted octanol–water partition coefficient (Wildman–Crippen LogP) is 2.06. The fourth-order valence-electron chi connectivity index (χ4n) is 5.89. The van der Waals surface area contributed by atoms with Crippen molar-refractivity contribution in [1.82, 2.24) is 30.0 Å². The van der Waals surface area contributed by atoms with Gasteiger partial charge in [0, 0.05) is 67.8 Å². The van der Waals surface area contributed by atoms with Gasteiger partial charge in [0.25, 0.3) is 0 Å². The number of amidine groups is 1. The smallest absolute Gasteiger partial charge is 0.338 e. The number of rotatable bonds is 7. The summed E-state index contributed by atoms with van der Waals surface area (Å²) in [7, 11) is 2.99. The van der Waals surface area contributed by atoms with Crippen molar-refractivity contribution in [2.24, 2.45) is 12.0 Å². The fourth-order valence-corrected chi connectivity index (χ4v) is 6.16. The number of urea groups is 1. The van der Waals surface area contributed by atoms with Gasteiger partial charge in [0.05, 0.1) is 18.2 Å². The van der Waals surface area contributed by atoms with E-state index in [1.165, 1.54) is 19.2 Å². The number of aliphatic imine (C=N–C) groups is 1. The van der Waals surface area contributed by atoms with Crippen LogP contribution in [-0.2, 0) is 21.4 Å². The van der Waals surface area contributed by atoms with E-state index in [1.54, 1.807) is 33.8 Å². The van der Waals surface area contributed by atoms with Gasteiger partial charge in [-0.05, 0) is 26.0 Å². The number of piperazine rings is 1. The number of carbonyl (C=O) groups excluding carboxylic acids is 2. The molecule has 4 heterocycles. The maximum atomic E-state index is 14.0. The number of halogens is 2. The number of amides is 2. The van der Waals surface area contributed by atoms with Gasteiger partial charge in [-0.1, -0.05) is 17.7 Å². The number of aliphatic carboxylic acids is 1. The quantitative estimate of drug-likeness (QED) is 0.418. The Morgan fingerprint density at radius 3 is 2.71 bits per heavy atom. The zero-order valence-electron chi connectivity index (χ0n) is 23.0. The van der Waals surface area contributed by atoms with Gasteiger partial charge in [-0.2, -0.15) is 0 Å². The first-order valence-corrected chi connectivity index (χ1v) is 13.5. The molecule has 2 fully saturated rings. The number of esters is 1. The van der Waals surface area contributed by atoms with E-state index in [0.29, 0.717) is 23.6 Å². The number of carbonyl (C=O) groups is 3. The van der Waals surface area contributed by atoms with Crippen LogP contribution in [0.4, 0.5) is 9.18 Å². The monoisotopic (exact) mass is 587 g/mol. The van der Waals surface area contributed by atoms with Gasteiger partial charge < -0.3 is 34.8 Å². The summed E-state index contributed by atoms with van der Waals surface area (Å²) >= 11 is 6.47. The van der Waals surface area contributed by atoms with Gasteiger partial charge in [-0.15, -0.1) is 0 Å². The van der Waals surface area contributed by atoms with Crippen LogP contribution in [0, 0.1) is 5.82 Å². The summed E-state index contributed by atoms with van der Waals surface area (Å²) in [5.41, 5.74) is -0.558. The molecule has 2 saturated heterocycles. The number of imidazole rings is 1. The zero-order valence-corrected chi connectivity index (χ0v) is 23.8. The normalized spacial score (nSPS) is 24.4. The van der Waals surface area contributed by atoms with E-state index in [0.717, 1.165) is 6.07 Å². The van der Waals surface area contributed by atoms with Gasteiger partial charge in [0.1, 0.15) is 17.9 Å². The number of hydrogen-bond donors (Lipinski definition) is 3. The van der Waals surface area contributed by atoms with Gasteiger partial charge in [0.2, 0.25) is 0 Å². The number of carboxylic acid groups (broad SMARTS) is 1. The van der Waals surface area contributed by atoms with Crippen LogP contribution in [0.1, 0.15) is 37.7 Å². The lowest BCUT2D eigenvalue weighted by atomic mass is 9.80. The summed E-state index contributed by atoms with van der Waals surface area (Å²) in [5.74, 6) is -1.69. The third-order valence-corrected chi connectivity index (χ3v) is 8.18. The Morgan fingerprint density at radius 1 is 1.34 bits per heavy atom. The van der Waals surface area contributed by atoms with Crippen molar-refractivity contribution in [1.29, 1.82) is 0 Å². The Bertz CT molecular complexity index is 1470. The SMILES string of the molecule is COC(=O)C1=C(CC23CN(C(C)C)C(=O)N2CCNC3C(=O)O)NC(c2nccn2C)=NC1c1ccc(F)cc1Cl. The summed E-state index contributed by atoms with van der Waals surface area (Å²) in [5, 5.41) is 16.6. The highest BCUT2D eigenvalue weighted by Gasteiger charge is 2.59. The second kappa shape index (κ2) is 10.8. The van der Waals surface area contributed by atoms with Gasteiger partial charge in [0.15, 0.2) is 11.7 Å². The van der Waals surface area contributed by atoms with Crippen LogP contribution in [0.5, 0.6) is 0 Å². The van der Waals surface area contributed by atoms with Crippen molar-refractivity contribution in [2.75, 3.05) is 26.7 Å². The van der Waals surface area contributed by atoms with Crippen LogP contribution in [-0.4, -0.2) is 92.6 Å². The predicted molar refractivity (Wildman–Crippen MR) is 147 cm³/mol. The molecule has 218 valence electrons. The Kier molecular flexibility index (Phi) is 7.51. The lowest BCUT2D eigenvalue weighted by Crippen LogP contribution is -2.69. The number of benzene rings is 1. The molecule has 2 aromatic rings. The van der Waals surface area contributed by atoms with Crippen molar-refractivity contribution in [2.45, 2.75) is 43.9 Å². The highest BCUT2D eigenvalue weighted by Crippen LogP contribution is 2.42. The molecule has 3 aliphatic heterocycles. The van der Waals surface area contributed by atoms with Gasteiger partial charge in [-0.25, -0.2) is 19.0 Å². The van der Waals surface area contributed by atoms with Crippen LogP contribution in [0.2, 0.25) is 5.02 Å². The highest BCUT2D eigenvalue weighted by atomic mass is 35.5. The molecule has 0 radical (unpaired) electrons. The van der Waals surface area contributed by atoms with E-state index in [2.05, 4.69) is 15.6 Å². The number of ether oxygens (including phenoxy) is 1. The van der Waals surface area contributed by atoms with E-state index in [1.807, 2.05) is 13.8 Å². The van der Waals surface area contributed by atoms with Crippen molar-refractivity contribution in [3.8, 4) is 0 Å². The molecule has 3 aliphatic rings. The topological polar surface area (TPSA) is 141 Å². The van der Waals surface area contributed by atoms with Crippen molar-refractivity contribution >= 4 is 35.4 Å². The van der Waals surface area contributed by atoms with E-state index < -0.39 is 35.4 Å². The van der Waals surface area contributed by atoms with Gasteiger partial charge >= 0.3 is 18.0 Å². The standard InChI is InChI=1S/C27H31ClFN7O5/c1-14(2)35-13-27(21(24(37)38)30-8-10-36(27)26(35)40)12-18-19(25(39)41-4)20(16-6-5-15(29)11-17(16)28)33-22(32-18)23-31-7-9-34(23)3/h5-7,9,11,14,20-21,30H,8,10,12-13H2,1-4H3,(H,32,33)(H,37,38). The average molecular weight is 588 g/mol. The number of methoxy groups -OCH3 is 1. The van der Waals surface area contributed by atoms with Crippen LogP contribution in [0.25, 0.3) is 0 Å². The molecular weight excluding hydrogens is 557 g/mol. The van der Waals surface area contributed by atoms with Crippen LogP contribution < -0.4 is 10.6 Å². The molecule has 0 aliphatic carbocycles. The molecule has 1 aromatic heterocycles. The molecule has 3 unspecified atom stereocenters. The molecule has 12 nitrogen and oxygen atoms in total. The van der Waals surface area contributed by atoms with Gasteiger partial charge in [-0.3, -0.25) is 9.79 Å². The number of nitrogens with one attached hydrogen (secondary N) is 2. The molecule has 0 spiro atoms. The minimum Gasteiger partial charge on any atom is -0.480 e. The van der Waals surface area contributed by atoms with Crippen LogP contribution >= 0.6 is 11.6 Å². The Labute approximate surface area is 240 Å². The molecule has 2 amide bonds.